The highest BCUT2D eigenvalue weighted by molar-refractivity contribution is 5.79. The summed E-state index contributed by atoms with van der Waals surface area (Å²) in [5, 5.41) is 2.48. The standard InChI is InChI=1S/C16H15NO2.C2H6/c1-17-16(18)19-10-15-13-8-4-2-6-11(13)12-7-3-5-9-14(12)15;1-2/h2-9,15H,10H2,1H3,(H,17,18);1-2H3. The van der Waals surface area contributed by atoms with Gasteiger partial charge >= 0.3 is 6.09 Å². The summed E-state index contributed by atoms with van der Waals surface area (Å²) < 4.78 is 5.24. The van der Waals surface area contributed by atoms with Crippen LogP contribution in [-0.4, -0.2) is 19.7 Å². The van der Waals surface area contributed by atoms with E-state index in [9.17, 15) is 4.79 Å². The van der Waals surface area contributed by atoms with E-state index in [0.717, 1.165) is 0 Å². The van der Waals surface area contributed by atoms with Gasteiger partial charge in [-0.05, 0) is 22.3 Å². The van der Waals surface area contributed by atoms with Crippen molar-refractivity contribution in [3.8, 4) is 11.1 Å². The van der Waals surface area contributed by atoms with E-state index in [1.54, 1.807) is 7.05 Å². The van der Waals surface area contributed by atoms with E-state index in [4.69, 9.17) is 4.74 Å². The Labute approximate surface area is 126 Å². The molecular formula is C18H21NO2. The van der Waals surface area contributed by atoms with Gasteiger partial charge in [-0.2, -0.15) is 0 Å². The summed E-state index contributed by atoms with van der Waals surface area (Å²) in [4.78, 5) is 11.3. The Morgan fingerprint density at radius 1 is 1.00 bits per heavy atom. The van der Waals surface area contributed by atoms with Crippen LogP contribution >= 0.6 is 0 Å². The third kappa shape index (κ3) is 2.92. The second kappa shape index (κ2) is 6.93. The lowest BCUT2D eigenvalue weighted by atomic mass is 9.98. The van der Waals surface area contributed by atoms with Crippen molar-refractivity contribution in [2.45, 2.75) is 19.8 Å². The molecule has 2 aromatic rings. The molecule has 1 aliphatic rings. The Morgan fingerprint density at radius 3 is 1.95 bits per heavy atom. The smallest absolute Gasteiger partial charge is 0.406 e. The van der Waals surface area contributed by atoms with E-state index in [0.29, 0.717) is 6.61 Å². The van der Waals surface area contributed by atoms with Crippen LogP contribution in [-0.2, 0) is 4.74 Å². The summed E-state index contributed by atoms with van der Waals surface area (Å²) in [5.41, 5.74) is 4.94. The Hall–Kier alpha value is -2.29. The molecule has 0 bridgehead atoms. The molecule has 0 radical (unpaired) electrons. The summed E-state index contributed by atoms with van der Waals surface area (Å²) in [5.74, 6) is 0.129. The largest absolute Gasteiger partial charge is 0.449 e. The van der Waals surface area contributed by atoms with Crippen molar-refractivity contribution < 1.29 is 9.53 Å². The molecule has 1 N–H and O–H groups in total. The molecule has 110 valence electrons. The Bertz CT molecular complexity index is 577. The zero-order valence-electron chi connectivity index (χ0n) is 12.7. The molecule has 1 aliphatic carbocycles. The van der Waals surface area contributed by atoms with E-state index in [-0.39, 0.29) is 12.0 Å². The second-order valence-corrected chi connectivity index (χ2v) is 4.58. The monoisotopic (exact) mass is 283 g/mol. The molecule has 0 aromatic heterocycles. The number of hydrogen-bond donors (Lipinski definition) is 1. The van der Waals surface area contributed by atoms with Gasteiger partial charge in [0.1, 0.15) is 6.61 Å². The molecule has 0 atom stereocenters. The van der Waals surface area contributed by atoms with Gasteiger partial charge in [0, 0.05) is 13.0 Å². The molecule has 0 aliphatic heterocycles. The van der Waals surface area contributed by atoms with Gasteiger partial charge in [-0.25, -0.2) is 4.79 Å². The Morgan fingerprint density at radius 2 is 1.48 bits per heavy atom. The lowest BCUT2D eigenvalue weighted by molar-refractivity contribution is 0.145. The number of hydrogen-bond acceptors (Lipinski definition) is 2. The minimum atomic E-state index is -0.387. The Kier molecular flexibility index (Phi) is 4.99. The van der Waals surface area contributed by atoms with Crippen molar-refractivity contribution in [2.75, 3.05) is 13.7 Å². The summed E-state index contributed by atoms with van der Waals surface area (Å²) in [7, 11) is 1.57. The zero-order valence-corrected chi connectivity index (χ0v) is 12.7. The zero-order chi connectivity index (χ0) is 15.2. The topological polar surface area (TPSA) is 38.3 Å². The van der Waals surface area contributed by atoms with E-state index in [2.05, 4.69) is 29.6 Å². The van der Waals surface area contributed by atoms with Gasteiger partial charge in [0.2, 0.25) is 0 Å². The Balaban J connectivity index is 0.000000774. The summed E-state index contributed by atoms with van der Waals surface area (Å²) in [6.45, 7) is 4.37. The normalized spacial score (nSPS) is 11.8. The van der Waals surface area contributed by atoms with Crippen molar-refractivity contribution in [3.05, 3.63) is 59.7 Å². The van der Waals surface area contributed by atoms with Crippen LogP contribution in [0.15, 0.2) is 48.5 Å². The van der Waals surface area contributed by atoms with Gasteiger partial charge in [-0.15, -0.1) is 0 Å². The number of amides is 1. The lowest BCUT2D eigenvalue weighted by Crippen LogP contribution is -2.21. The van der Waals surface area contributed by atoms with Crippen LogP contribution in [0.1, 0.15) is 30.9 Å². The molecule has 2 aromatic carbocycles. The number of benzene rings is 2. The summed E-state index contributed by atoms with van der Waals surface area (Å²) in [6.07, 6.45) is -0.387. The van der Waals surface area contributed by atoms with E-state index >= 15 is 0 Å². The molecule has 0 spiro atoms. The average Bonchev–Trinajstić information content (AvgIpc) is 2.88. The first kappa shape index (κ1) is 15.1. The van der Waals surface area contributed by atoms with Crippen LogP contribution in [0, 0.1) is 0 Å². The van der Waals surface area contributed by atoms with Crippen LogP contribution < -0.4 is 5.32 Å². The second-order valence-electron chi connectivity index (χ2n) is 4.58. The SMILES string of the molecule is CC.CNC(=O)OCC1c2ccccc2-c2ccccc21. The molecule has 0 unspecified atom stereocenters. The number of alkyl carbamates (subject to hydrolysis) is 1. The molecule has 3 nitrogen and oxygen atoms in total. The number of ether oxygens (including phenoxy) is 1. The van der Waals surface area contributed by atoms with E-state index in [1.807, 2.05) is 38.1 Å². The van der Waals surface area contributed by atoms with Gasteiger partial charge in [0.05, 0.1) is 0 Å². The van der Waals surface area contributed by atoms with Gasteiger partial charge in [0.15, 0.2) is 0 Å². The minimum absolute atomic E-state index is 0.129. The molecule has 3 heteroatoms. The van der Waals surface area contributed by atoms with Crippen LogP contribution in [0.2, 0.25) is 0 Å². The minimum Gasteiger partial charge on any atom is -0.449 e. The number of rotatable bonds is 2. The van der Waals surface area contributed by atoms with Crippen LogP contribution in [0.4, 0.5) is 4.79 Å². The molecule has 0 fully saturated rings. The maximum Gasteiger partial charge on any atom is 0.406 e. The molecular weight excluding hydrogens is 262 g/mol. The van der Waals surface area contributed by atoms with Crippen LogP contribution in [0.3, 0.4) is 0 Å². The number of nitrogens with one attached hydrogen (secondary N) is 1. The van der Waals surface area contributed by atoms with Crippen molar-refractivity contribution in [1.82, 2.24) is 5.32 Å². The summed E-state index contributed by atoms with van der Waals surface area (Å²) >= 11 is 0. The van der Waals surface area contributed by atoms with Gasteiger partial charge < -0.3 is 10.1 Å². The van der Waals surface area contributed by atoms with Crippen LogP contribution in [0.5, 0.6) is 0 Å². The highest BCUT2D eigenvalue weighted by Gasteiger charge is 2.28. The van der Waals surface area contributed by atoms with Crippen molar-refractivity contribution in [2.24, 2.45) is 0 Å². The highest BCUT2D eigenvalue weighted by atomic mass is 16.5. The first-order chi connectivity index (χ1) is 10.3. The predicted octanol–water partition coefficient (Wildman–Crippen LogP) is 4.18. The van der Waals surface area contributed by atoms with Crippen LogP contribution in [0.25, 0.3) is 11.1 Å². The molecule has 0 saturated heterocycles. The molecule has 0 heterocycles. The third-order valence-corrected chi connectivity index (χ3v) is 3.55. The molecule has 0 saturated carbocycles. The fraction of sp³-hybridized carbons (Fsp3) is 0.278. The predicted molar refractivity (Wildman–Crippen MR) is 85.5 cm³/mol. The molecule has 3 rings (SSSR count). The lowest BCUT2D eigenvalue weighted by Gasteiger charge is -2.13. The first-order valence-electron chi connectivity index (χ1n) is 7.34. The van der Waals surface area contributed by atoms with Gasteiger partial charge in [-0.1, -0.05) is 62.4 Å². The number of carbonyl (C=O) groups is 1. The average molecular weight is 283 g/mol. The fourth-order valence-corrected chi connectivity index (χ4v) is 2.67. The van der Waals surface area contributed by atoms with E-state index in [1.165, 1.54) is 22.3 Å². The number of fused-ring (bicyclic) bond motifs is 3. The van der Waals surface area contributed by atoms with Crippen molar-refractivity contribution in [3.63, 3.8) is 0 Å². The quantitative estimate of drug-likeness (QED) is 0.897. The maximum atomic E-state index is 11.3. The van der Waals surface area contributed by atoms with Gasteiger partial charge in [0.25, 0.3) is 0 Å². The summed E-state index contributed by atoms with van der Waals surface area (Å²) in [6, 6.07) is 16.6. The fourth-order valence-electron chi connectivity index (χ4n) is 2.67. The van der Waals surface area contributed by atoms with E-state index < -0.39 is 0 Å². The van der Waals surface area contributed by atoms with Crippen molar-refractivity contribution in [1.29, 1.82) is 0 Å². The molecule has 21 heavy (non-hydrogen) atoms. The highest BCUT2D eigenvalue weighted by Crippen LogP contribution is 2.44. The number of carbonyl (C=O) groups excluding carboxylic acids is 1. The maximum absolute atomic E-state index is 11.3. The van der Waals surface area contributed by atoms with Gasteiger partial charge in [-0.3, -0.25) is 0 Å². The first-order valence-corrected chi connectivity index (χ1v) is 7.34. The third-order valence-electron chi connectivity index (χ3n) is 3.55. The van der Waals surface area contributed by atoms with Crippen molar-refractivity contribution >= 4 is 6.09 Å². The molecule has 1 amide bonds.